The number of nitro groups is 1. The predicted octanol–water partition coefficient (Wildman–Crippen LogP) is 5.14. The van der Waals surface area contributed by atoms with E-state index >= 15 is 0 Å². The molecular formula is C21H21ClF3N3O3. The Labute approximate surface area is 182 Å². The van der Waals surface area contributed by atoms with Gasteiger partial charge in [-0.15, -0.1) is 0 Å². The third kappa shape index (κ3) is 5.46. The van der Waals surface area contributed by atoms with Crippen molar-refractivity contribution in [1.82, 2.24) is 4.90 Å². The number of carbonyl (C=O) groups excluding carboxylic acids is 1. The quantitative estimate of drug-likeness (QED) is 0.462. The first-order chi connectivity index (χ1) is 14.6. The third-order valence-corrected chi connectivity index (χ3v) is 5.60. The van der Waals surface area contributed by atoms with Crippen LogP contribution in [0.1, 0.15) is 24.0 Å². The Kier molecular flexibility index (Phi) is 6.74. The van der Waals surface area contributed by atoms with Gasteiger partial charge in [-0.3, -0.25) is 14.9 Å². The molecule has 166 valence electrons. The van der Waals surface area contributed by atoms with E-state index in [1.54, 1.807) is 29.0 Å². The predicted molar refractivity (Wildman–Crippen MR) is 111 cm³/mol. The van der Waals surface area contributed by atoms with Crippen LogP contribution in [0.3, 0.4) is 0 Å². The molecule has 1 aliphatic rings. The molecule has 0 spiro atoms. The lowest BCUT2D eigenvalue weighted by molar-refractivity contribution is -0.384. The number of rotatable bonds is 5. The molecule has 0 aliphatic carbocycles. The summed E-state index contributed by atoms with van der Waals surface area (Å²) in [6.07, 6.45) is -3.75. The maximum atomic E-state index is 12.9. The fourth-order valence-electron chi connectivity index (χ4n) is 3.78. The van der Waals surface area contributed by atoms with Crippen LogP contribution in [0.5, 0.6) is 0 Å². The molecule has 6 nitrogen and oxygen atoms in total. The van der Waals surface area contributed by atoms with Gasteiger partial charge in [-0.25, -0.2) is 0 Å². The summed E-state index contributed by atoms with van der Waals surface area (Å²) >= 11 is 5.98. The molecule has 10 heteroatoms. The highest BCUT2D eigenvalue weighted by Gasteiger charge is 2.35. The Morgan fingerprint density at radius 1 is 1.23 bits per heavy atom. The molecule has 0 atom stereocenters. The van der Waals surface area contributed by atoms with Crippen LogP contribution >= 0.6 is 11.6 Å². The van der Waals surface area contributed by atoms with Gasteiger partial charge < -0.3 is 9.80 Å². The summed E-state index contributed by atoms with van der Waals surface area (Å²) in [6, 6.07) is 9.77. The summed E-state index contributed by atoms with van der Waals surface area (Å²) in [7, 11) is 1.70. The van der Waals surface area contributed by atoms with E-state index in [0.717, 1.165) is 17.7 Å². The first kappa shape index (κ1) is 22.9. The largest absolute Gasteiger partial charge is 0.416 e. The van der Waals surface area contributed by atoms with Crippen LogP contribution in [0.2, 0.25) is 5.02 Å². The van der Waals surface area contributed by atoms with Crippen molar-refractivity contribution in [2.45, 2.75) is 25.6 Å². The van der Waals surface area contributed by atoms with Gasteiger partial charge in [0.15, 0.2) is 0 Å². The van der Waals surface area contributed by atoms with Crippen LogP contribution < -0.4 is 4.90 Å². The Morgan fingerprint density at radius 3 is 2.48 bits per heavy atom. The van der Waals surface area contributed by atoms with Crippen LogP contribution in [0, 0.1) is 16.0 Å². The van der Waals surface area contributed by atoms with Crippen LogP contribution in [-0.2, 0) is 17.5 Å². The summed E-state index contributed by atoms with van der Waals surface area (Å²) in [4.78, 5) is 26.6. The maximum Gasteiger partial charge on any atom is 0.416 e. The normalized spacial score (nSPS) is 15.1. The van der Waals surface area contributed by atoms with E-state index in [1.165, 1.54) is 0 Å². The van der Waals surface area contributed by atoms with Crippen molar-refractivity contribution in [3.8, 4) is 0 Å². The Balaban J connectivity index is 1.66. The van der Waals surface area contributed by atoms with Crippen molar-refractivity contribution >= 4 is 28.9 Å². The van der Waals surface area contributed by atoms with Crippen LogP contribution in [0.15, 0.2) is 42.5 Å². The molecule has 31 heavy (non-hydrogen) atoms. The summed E-state index contributed by atoms with van der Waals surface area (Å²) < 4.78 is 38.7. The average molecular weight is 456 g/mol. The number of hydrogen-bond donors (Lipinski definition) is 0. The van der Waals surface area contributed by atoms with Crippen molar-refractivity contribution < 1.29 is 22.9 Å². The highest BCUT2D eigenvalue weighted by Crippen LogP contribution is 2.37. The molecular weight excluding hydrogens is 435 g/mol. The second-order valence-electron chi connectivity index (χ2n) is 7.54. The standard InChI is InChI=1S/C21H21ClF3N3O3/c1-26(13-14-3-2-4-17(22)11-14)20(29)15-7-9-27(10-8-15)18-6-5-16(21(23,24)25)12-19(18)28(30)31/h2-6,11-12,15H,7-10,13H2,1H3. The zero-order valence-electron chi connectivity index (χ0n) is 16.7. The van der Waals surface area contributed by atoms with Gasteiger partial charge in [0.05, 0.1) is 10.5 Å². The molecule has 0 bridgehead atoms. The lowest BCUT2D eigenvalue weighted by Crippen LogP contribution is -2.41. The third-order valence-electron chi connectivity index (χ3n) is 5.37. The SMILES string of the molecule is CN(Cc1cccc(Cl)c1)C(=O)C1CCN(c2ccc(C(F)(F)F)cc2[N+](=O)[O-])CC1. The highest BCUT2D eigenvalue weighted by molar-refractivity contribution is 6.30. The number of anilines is 1. The van der Waals surface area contributed by atoms with Crippen LogP contribution in [-0.4, -0.2) is 35.9 Å². The van der Waals surface area contributed by atoms with Gasteiger partial charge in [-0.2, -0.15) is 13.2 Å². The minimum absolute atomic E-state index is 0.0402. The van der Waals surface area contributed by atoms with Gasteiger partial charge in [-0.1, -0.05) is 23.7 Å². The van der Waals surface area contributed by atoms with Gasteiger partial charge >= 0.3 is 6.18 Å². The fraction of sp³-hybridized carbons (Fsp3) is 0.381. The van der Waals surface area contributed by atoms with Crippen LogP contribution in [0.4, 0.5) is 24.5 Å². The molecule has 0 saturated carbocycles. The fourth-order valence-corrected chi connectivity index (χ4v) is 3.99. The van der Waals surface area contributed by atoms with Gasteiger partial charge in [0, 0.05) is 43.7 Å². The van der Waals surface area contributed by atoms with Crippen molar-refractivity contribution in [1.29, 1.82) is 0 Å². The number of carbonyl (C=O) groups is 1. The van der Waals surface area contributed by atoms with E-state index in [2.05, 4.69) is 0 Å². The first-order valence-corrected chi connectivity index (χ1v) is 10.0. The number of alkyl halides is 3. The van der Waals surface area contributed by atoms with E-state index in [1.807, 2.05) is 12.1 Å². The monoisotopic (exact) mass is 455 g/mol. The Hall–Kier alpha value is -2.81. The Bertz CT molecular complexity index is 976. The molecule has 3 rings (SSSR count). The molecule has 0 aromatic heterocycles. The van der Waals surface area contributed by atoms with Crippen molar-refractivity contribution in [3.05, 3.63) is 68.7 Å². The van der Waals surface area contributed by atoms with Gasteiger partial charge in [0.1, 0.15) is 5.69 Å². The van der Waals surface area contributed by atoms with Crippen LogP contribution in [0.25, 0.3) is 0 Å². The topological polar surface area (TPSA) is 66.7 Å². The number of piperidine rings is 1. The molecule has 1 aliphatic heterocycles. The summed E-state index contributed by atoms with van der Waals surface area (Å²) in [5.41, 5.74) is -0.606. The minimum atomic E-state index is -4.66. The molecule has 2 aromatic carbocycles. The summed E-state index contributed by atoms with van der Waals surface area (Å²) in [6.45, 7) is 1.09. The van der Waals surface area contributed by atoms with Crippen molar-refractivity contribution in [2.75, 3.05) is 25.0 Å². The molecule has 1 heterocycles. The van der Waals surface area contributed by atoms with E-state index < -0.39 is 22.4 Å². The maximum absolute atomic E-state index is 12.9. The number of nitrogens with zero attached hydrogens (tertiary/aromatic N) is 3. The Morgan fingerprint density at radius 2 is 1.90 bits per heavy atom. The molecule has 0 N–H and O–H groups in total. The molecule has 0 unspecified atom stereocenters. The average Bonchev–Trinajstić information content (AvgIpc) is 2.72. The van der Waals surface area contributed by atoms with Crippen molar-refractivity contribution in [2.24, 2.45) is 5.92 Å². The van der Waals surface area contributed by atoms with Gasteiger partial charge in [-0.05, 0) is 42.7 Å². The molecule has 1 amide bonds. The second-order valence-corrected chi connectivity index (χ2v) is 7.98. The highest BCUT2D eigenvalue weighted by atomic mass is 35.5. The van der Waals surface area contributed by atoms with E-state index in [4.69, 9.17) is 11.6 Å². The minimum Gasteiger partial charge on any atom is -0.366 e. The summed E-state index contributed by atoms with van der Waals surface area (Å²) in [5.74, 6) is -0.296. The number of amides is 1. The number of halogens is 4. The van der Waals surface area contributed by atoms with Gasteiger partial charge in [0.2, 0.25) is 5.91 Å². The van der Waals surface area contributed by atoms with Crippen molar-refractivity contribution in [3.63, 3.8) is 0 Å². The van der Waals surface area contributed by atoms with E-state index in [0.29, 0.717) is 43.6 Å². The van der Waals surface area contributed by atoms with Gasteiger partial charge in [0.25, 0.3) is 5.69 Å². The summed E-state index contributed by atoms with van der Waals surface area (Å²) in [5, 5.41) is 11.9. The number of benzene rings is 2. The molecule has 2 aromatic rings. The zero-order valence-corrected chi connectivity index (χ0v) is 17.5. The lowest BCUT2D eigenvalue weighted by atomic mass is 9.94. The lowest BCUT2D eigenvalue weighted by Gasteiger charge is -2.34. The first-order valence-electron chi connectivity index (χ1n) is 9.66. The van der Waals surface area contributed by atoms with E-state index in [9.17, 15) is 28.1 Å². The molecule has 0 radical (unpaired) electrons. The molecule has 1 saturated heterocycles. The van der Waals surface area contributed by atoms with E-state index in [-0.39, 0.29) is 17.5 Å². The number of nitro benzene ring substituents is 1. The molecule has 1 fully saturated rings. The zero-order chi connectivity index (χ0) is 22.8. The second kappa shape index (κ2) is 9.13. The number of hydrogen-bond acceptors (Lipinski definition) is 4. The smallest absolute Gasteiger partial charge is 0.366 e.